The van der Waals surface area contributed by atoms with E-state index in [1.54, 1.807) is 0 Å². The summed E-state index contributed by atoms with van der Waals surface area (Å²) in [5.41, 5.74) is 0.990. The third kappa shape index (κ3) is 3.65. The maximum Gasteiger partial charge on any atom is 0.244 e. The molecule has 0 N–H and O–H groups in total. The van der Waals surface area contributed by atoms with Gasteiger partial charge in [-0.3, -0.25) is 0 Å². The monoisotopic (exact) mass is 404 g/mol. The van der Waals surface area contributed by atoms with Gasteiger partial charge in [0, 0.05) is 41.9 Å². The van der Waals surface area contributed by atoms with Crippen molar-refractivity contribution in [1.82, 2.24) is 4.31 Å². The van der Waals surface area contributed by atoms with Gasteiger partial charge in [-0.2, -0.15) is 4.31 Å². The second-order valence-electron chi connectivity index (χ2n) is 5.45. The Morgan fingerprint density at radius 1 is 0.833 bits per heavy atom. The number of nitrogens with zero attached hydrogens (tertiary/aromatic N) is 2. The Balaban J connectivity index is 1.76. The normalized spacial score (nSPS) is 16.4. The molecular formula is C16H15Cl3N2O2S. The largest absolute Gasteiger partial charge is 0.369 e. The van der Waals surface area contributed by atoms with E-state index < -0.39 is 10.0 Å². The van der Waals surface area contributed by atoms with Crippen molar-refractivity contribution in [2.45, 2.75) is 4.90 Å². The van der Waals surface area contributed by atoms with Gasteiger partial charge in [-0.05, 0) is 36.4 Å². The van der Waals surface area contributed by atoms with Crippen molar-refractivity contribution < 1.29 is 8.42 Å². The summed E-state index contributed by atoms with van der Waals surface area (Å²) >= 11 is 17.9. The van der Waals surface area contributed by atoms with Gasteiger partial charge in [0.25, 0.3) is 0 Å². The van der Waals surface area contributed by atoms with Crippen molar-refractivity contribution in [3.05, 3.63) is 57.5 Å². The fraction of sp³-hybridized carbons (Fsp3) is 0.250. The number of halogens is 3. The van der Waals surface area contributed by atoms with Gasteiger partial charge in [-0.25, -0.2) is 8.42 Å². The summed E-state index contributed by atoms with van der Waals surface area (Å²) in [6.07, 6.45) is 0. The van der Waals surface area contributed by atoms with Gasteiger partial charge in [-0.15, -0.1) is 0 Å². The first-order valence-electron chi connectivity index (χ1n) is 7.33. The van der Waals surface area contributed by atoms with Gasteiger partial charge in [0.1, 0.15) is 4.90 Å². The van der Waals surface area contributed by atoms with Crippen molar-refractivity contribution in [1.29, 1.82) is 0 Å². The van der Waals surface area contributed by atoms with Crippen LogP contribution in [0.15, 0.2) is 47.4 Å². The molecule has 2 aromatic rings. The van der Waals surface area contributed by atoms with E-state index in [1.807, 2.05) is 24.3 Å². The van der Waals surface area contributed by atoms with E-state index in [0.29, 0.717) is 36.2 Å². The summed E-state index contributed by atoms with van der Waals surface area (Å²) in [5.74, 6) is 0. The van der Waals surface area contributed by atoms with Crippen LogP contribution in [0.1, 0.15) is 0 Å². The SMILES string of the molecule is O=S(=O)(c1ccc(Cl)cc1Cl)N1CCN(c2cccc(Cl)c2)CC1. The molecule has 0 saturated carbocycles. The van der Waals surface area contributed by atoms with Crippen molar-refractivity contribution in [3.8, 4) is 0 Å². The first-order valence-corrected chi connectivity index (χ1v) is 9.91. The minimum Gasteiger partial charge on any atom is -0.369 e. The van der Waals surface area contributed by atoms with E-state index in [9.17, 15) is 8.42 Å². The molecule has 0 aliphatic carbocycles. The van der Waals surface area contributed by atoms with Gasteiger partial charge in [0.05, 0.1) is 5.02 Å². The van der Waals surface area contributed by atoms with E-state index in [4.69, 9.17) is 34.8 Å². The van der Waals surface area contributed by atoms with Crippen LogP contribution in [-0.2, 0) is 10.0 Å². The van der Waals surface area contributed by atoms with Crippen LogP contribution in [0.5, 0.6) is 0 Å². The number of piperazine rings is 1. The Morgan fingerprint density at radius 2 is 1.50 bits per heavy atom. The molecule has 3 rings (SSSR count). The number of hydrogen-bond donors (Lipinski definition) is 0. The zero-order chi connectivity index (χ0) is 17.3. The van der Waals surface area contributed by atoms with E-state index in [0.717, 1.165) is 5.69 Å². The summed E-state index contributed by atoms with van der Waals surface area (Å²) in [7, 11) is -3.63. The van der Waals surface area contributed by atoms with Crippen molar-refractivity contribution in [2.75, 3.05) is 31.1 Å². The first kappa shape index (κ1) is 17.8. The summed E-state index contributed by atoms with van der Waals surface area (Å²) in [4.78, 5) is 2.20. The Morgan fingerprint density at radius 3 is 2.12 bits per heavy atom. The lowest BCUT2D eigenvalue weighted by molar-refractivity contribution is 0.385. The molecule has 1 aliphatic rings. The minimum absolute atomic E-state index is 0.0878. The van der Waals surface area contributed by atoms with Crippen LogP contribution in [0.2, 0.25) is 15.1 Å². The highest BCUT2D eigenvalue weighted by Gasteiger charge is 2.30. The lowest BCUT2D eigenvalue weighted by Crippen LogP contribution is -2.48. The number of rotatable bonds is 3. The molecule has 2 aromatic carbocycles. The number of benzene rings is 2. The summed E-state index contributed by atoms with van der Waals surface area (Å²) < 4.78 is 27.0. The second kappa shape index (κ2) is 7.10. The molecule has 0 amide bonds. The molecule has 0 aromatic heterocycles. The second-order valence-corrected chi connectivity index (χ2v) is 8.63. The van der Waals surface area contributed by atoms with Gasteiger partial charge in [0.2, 0.25) is 10.0 Å². The fourth-order valence-corrected chi connectivity index (χ4v) is 5.04. The van der Waals surface area contributed by atoms with E-state index >= 15 is 0 Å². The molecule has 8 heteroatoms. The molecule has 0 spiro atoms. The molecular weight excluding hydrogens is 391 g/mol. The quantitative estimate of drug-likeness (QED) is 0.770. The lowest BCUT2D eigenvalue weighted by Gasteiger charge is -2.35. The number of sulfonamides is 1. The molecule has 0 radical (unpaired) electrons. The zero-order valence-corrected chi connectivity index (χ0v) is 15.7. The van der Waals surface area contributed by atoms with Crippen molar-refractivity contribution >= 4 is 50.5 Å². The van der Waals surface area contributed by atoms with Crippen LogP contribution in [0.4, 0.5) is 5.69 Å². The molecule has 0 atom stereocenters. The molecule has 128 valence electrons. The van der Waals surface area contributed by atoms with Crippen LogP contribution in [0, 0.1) is 0 Å². The standard InChI is InChI=1S/C16H15Cl3N2O2S/c17-12-2-1-3-14(10-12)20-6-8-21(9-7-20)24(22,23)16-5-4-13(18)11-15(16)19/h1-5,10-11H,6-9H2. The summed E-state index contributed by atoms with van der Waals surface area (Å²) in [6.45, 7) is 1.94. The zero-order valence-electron chi connectivity index (χ0n) is 12.6. The molecule has 24 heavy (non-hydrogen) atoms. The molecule has 1 heterocycles. The van der Waals surface area contributed by atoms with Crippen LogP contribution in [0.25, 0.3) is 0 Å². The number of anilines is 1. The Kier molecular flexibility index (Phi) is 5.27. The van der Waals surface area contributed by atoms with Gasteiger partial charge in [-0.1, -0.05) is 40.9 Å². The molecule has 1 aliphatic heterocycles. The minimum atomic E-state index is -3.63. The van der Waals surface area contributed by atoms with E-state index in [1.165, 1.54) is 22.5 Å². The Bertz CT molecular complexity index is 850. The highest BCUT2D eigenvalue weighted by molar-refractivity contribution is 7.89. The maximum atomic E-state index is 12.8. The predicted octanol–water partition coefficient (Wildman–Crippen LogP) is 4.16. The average Bonchev–Trinajstić information content (AvgIpc) is 2.54. The molecule has 0 bridgehead atoms. The Labute approximate surface area is 156 Å². The van der Waals surface area contributed by atoms with E-state index in [-0.39, 0.29) is 9.92 Å². The van der Waals surface area contributed by atoms with Crippen LogP contribution in [-0.4, -0.2) is 38.9 Å². The predicted molar refractivity (Wildman–Crippen MR) is 98.9 cm³/mol. The fourth-order valence-electron chi connectivity index (χ4n) is 2.68. The summed E-state index contributed by atoms with van der Waals surface area (Å²) in [6, 6.07) is 12.0. The van der Waals surface area contributed by atoms with Gasteiger partial charge >= 0.3 is 0 Å². The van der Waals surface area contributed by atoms with Gasteiger partial charge < -0.3 is 4.90 Å². The van der Waals surface area contributed by atoms with Crippen LogP contribution < -0.4 is 4.90 Å². The highest BCUT2D eigenvalue weighted by Crippen LogP contribution is 2.29. The summed E-state index contributed by atoms with van der Waals surface area (Å²) in [5, 5.41) is 1.21. The molecule has 0 unspecified atom stereocenters. The maximum absolute atomic E-state index is 12.8. The van der Waals surface area contributed by atoms with E-state index in [2.05, 4.69) is 4.90 Å². The molecule has 4 nitrogen and oxygen atoms in total. The molecule has 1 fully saturated rings. The lowest BCUT2D eigenvalue weighted by atomic mass is 10.2. The smallest absolute Gasteiger partial charge is 0.244 e. The van der Waals surface area contributed by atoms with Crippen LogP contribution in [0.3, 0.4) is 0 Å². The highest BCUT2D eigenvalue weighted by atomic mass is 35.5. The number of hydrogen-bond acceptors (Lipinski definition) is 3. The molecule has 1 saturated heterocycles. The Hall–Kier alpha value is -0.980. The third-order valence-electron chi connectivity index (χ3n) is 3.92. The van der Waals surface area contributed by atoms with Gasteiger partial charge in [0.15, 0.2) is 0 Å². The topological polar surface area (TPSA) is 40.6 Å². The third-order valence-corrected chi connectivity index (χ3v) is 6.78. The first-order chi connectivity index (χ1) is 11.4. The van der Waals surface area contributed by atoms with Crippen molar-refractivity contribution in [2.24, 2.45) is 0 Å². The van der Waals surface area contributed by atoms with Crippen molar-refractivity contribution in [3.63, 3.8) is 0 Å². The van der Waals surface area contributed by atoms with Crippen LogP contribution >= 0.6 is 34.8 Å². The average molecular weight is 406 g/mol.